The Bertz CT molecular complexity index is 893. The lowest BCUT2D eigenvalue weighted by molar-refractivity contribution is 0.100. The molecule has 0 saturated carbocycles. The number of carbonyl (C=O) groups excluding carboxylic acids is 1. The highest BCUT2D eigenvalue weighted by atomic mass is 19.1. The second-order valence-corrected chi connectivity index (χ2v) is 6.12. The Kier molecular flexibility index (Phi) is 6.18. The number of nitrogens with two attached hydrogens (primary N) is 1. The van der Waals surface area contributed by atoms with E-state index in [4.69, 9.17) is 10.5 Å². The normalized spacial score (nSPS) is 10.6. The van der Waals surface area contributed by atoms with Crippen molar-refractivity contribution in [1.29, 1.82) is 0 Å². The summed E-state index contributed by atoms with van der Waals surface area (Å²) in [4.78, 5) is 11.1. The molecular formula is C22H21FN2O2. The first-order valence-corrected chi connectivity index (χ1v) is 8.70. The van der Waals surface area contributed by atoms with Crippen LogP contribution in [0.25, 0.3) is 11.1 Å². The highest BCUT2D eigenvalue weighted by Gasteiger charge is 2.02. The third kappa shape index (κ3) is 5.39. The number of rotatable bonds is 8. The van der Waals surface area contributed by atoms with E-state index in [-0.39, 0.29) is 5.82 Å². The van der Waals surface area contributed by atoms with Gasteiger partial charge in [-0.1, -0.05) is 36.4 Å². The first-order chi connectivity index (χ1) is 13.1. The lowest BCUT2D eigenvalue weighted by Gasteiger charge is -2.09. The summed E-state index contributed by atoms with van der Waals surface area (Å²) < 4.78 is 18.8. The SMILES string of the molecule is NC(=O)c1ccc(-c2ccc(OCCNCc3cccc(F)c3)cc2)cc1. The van der Waals surface area contributed by atoms with Crippen molar-refractivity contribution in [3.05, 3.63) is 89.7 Å². The van der Waals surface area contributed by atoms with Crippen LogP contribution < -0.4 is 15.8 Å². The van der Waals surface area contributed by atoms with Crippen molar-refractivity contribution in [2.75, 3.05) is 13.2 Å². The lowest BCUT2D eigenvalue weighted by atomic mass is 10.0. The Morgan fingerprint density at radius 3 is 2.26 bits per heavy atom. The summed E-state index contributed by atoms with van der Waals surface area (Å²) >= 11 is 0. The van der Waals surface area contributed by atoms with Crippen LogP contribution in [-0.2, 0) is 6.54 Å². The minimum atomic E-state index is -0.434. The third-order valence-electron chi connectivity index (χ3n) is 4.12. The number of ether oxygens (including phenoxy) is 1. The first kappa shape index (κ1) is 18.6. The standard InChI is InChI=1S/C22H21FN2O2/c23-20-3-1-2-16(14-20)15-25-12-13-27-21-10-8-18(9-11-21)17-4-6-19(7-5-17)22(24)26/h1-11,14,25H,12-13,15H2,(H2,24,26). The van der Waals surface area contributed by atoms with Gasteiger partial charge in [-0.05, 0) is 53.1 Å². The summed E-state index contributed by atoms with van der Waals surface area (Å²) in [6, 6.07) is 21.4. The Morgan fingerprint density at radius 1 is 0.963 bits per heavy atom. The van der Waals surface area contributed by atoms with E-state index in [0.717, 1.165) is 22.4 Å². The fraction of sp³-hybridized carbons (Fsp3) is 0.136. The van der Waals surface area contributed by atoms with E-state index in [1.807, 2.05) is 42.5 Å². The van der Waals surface area contributed by atoms with E-state index in [0.29, 0.717) is 25.3 Å². The molecule has 1 amide bonds. The average molecular weight is 364 g/mol. The van der Waals surface area contributed by atoms with E-state index >= 15 is 0 Å². The van der Waals surface area contributed by atoms with Crippen LogP contribution in [0.15, 0.2) is 72.8 Å². The van der Waals surface area contributed by atoms with Gasteiger partial charge in [-0.15, -0.1) is 0 Å². The van der Waals surface area contributed by atoms with E-state index in [2.05, 4.69) is 5.32 Å². The minimum absolute atomic E-state index is 0.227. The fourth-order valence-electron chi connectivity index (χ4n) is 2.69. The Labute approximate surface area is 157 Å². The van der Waals surface area contributed by atoms with Crippen molar-refractivity contribution in [3.8, 4) is 16.9 Å². The maximum Gasteiger partial charge on any atom is 0.248 e. The maximum atomic E-state index is 13.1. The van der Waals surface area contributed by atoms with Crippen LogP contribution in [0.2, 0.25) is 0 Å². The summed E-state index contributed by atoms with van der Waals surface area (Å²) in [5.41, 5.74) is 8.68. The van der Waals surface area contributed by atoms with Crippen LogP contribution >= 0.6 is 0 Å². The van der Waals surface area contributed by atoms with Crippen molar-refractivity contribution in [1.82, 2.24) is 5.32 Å². The molecule has 0 radical (unpaired) electrons. The van der Waals surface area contributed by atoms with Crippen molar-refractivity contribution in [3.63, 3.8) is 0 Å². The van der Waals surface area contributed by atoms with Gasteiger partial charge in [0.2, 0.25) is 5.91 Å². The van der Waals surface area contributed by atoms with Crippen molar-refractivity contribution < 1.29 is 13.9 Å². The topological polar surface area (TPSA) is 64.4 Å². The van der Waals surface area contributed by atoms with Gasteiger partial charge in [0, 0.05) is 18.7 Å². The van der Waals surface area contributed by atoms with E-state index in [1.54, 1.807) is 18.2 Å². The number of benzene rings is 3. The van der Waals surface area contributed by atoms with Crippen LogP contribution in [0.5, 0.6) is 5.75 Å². The number of carbonyl (C=O) groups is 1. The fourth-order valence-corrected chi connectivity index (χ4v) is 2.69. The first-order valence-electron chi connectivity index (χ1n) is 8.70. The molecule has 0 saturated heterocycles. The minimum Gasteiger partial charge on any atom is -0.492 e. The zero-order valence-electron chi connectivity index (χ0n) is 14.8. The molecule has 0 aliphatic rings. The molecule has 0 aliphatic carbocycles. The molecule has 0 unspecified atom stereocenters. The molecule has 4 nitrogen and oxygen atoms in total. The lowest BCUT2D eigenvalue weighted by Crippen LogP contribution is -2.20. The van der Waals surface area contributed by atoms with Crippen LogP contribution in [0, 0.1) is 5.82 Å². The van der Waals surface area contributed by atoms with E-state index in [9.17, 15) is 9.18 Å². The predicted molar refractivity (Wildman–Crippen MR) is 104 cm³/mol. The summed E-state index contributed by atoms with van der Waals surface area (Å²) in [6.07, 6.45) is 0. The summed E-state index contributed by atoms with van der Waals surface area (Å²) in [5.74, 6) is 0.117. The van der Waals surface area contributed by atoms with E-state index < -0.39 is 5.91 Å². The molecule has 3 aromatic rings. The van der Waals surface area contributed by atoms with Gasteiger partial charge in [0.05, 0.1) is 0 Å². The van der Waals surface area contributed by atoms with Gasteiger partial charge in [-0.3, -0.25) is 4.79 Å². The van der Waals surface area contributed by atoms with Gasteiger partial charge in [0.15, 0.2) is 0 Å². The molecule has 0 spiro atoms. The second kappa shape index (κ2) is 8.96. The molecule has 3 aromatic carbocycles. The second-order valence-electron chi connectivity index (χ2n) is 6.12. The average Bonchev–Trinajstić information content (AvgIpc) is 2.68. The molecule has 0 aromatic heterocycles. The van der Waals surface area contributed by atoms with Crippen molar-refractivity contribution >= 4 is 5.91 Å². The molecule has 5 heteroatoms. The Balaban J connectivity index is 1.45. The van der Waals surface area contributed by atoms with Gasteiger partial charge in [0.25, 0.3) is 0 Å². The smallest absolute Gasteiger partial charge is 0.248 e. The molecule has 3 N–H and O–H groups in total. The van der Waals surface area contributed by atoms with Gasteiger partial charge >= 0.3 is 0 Å². The third-order valence-corrected chi connectivity index (χ3v) is 4.12. The molecule has 0 fully saturated rings. The van der Waals surface area contributed by atoms with Crippen molar-refractivity contribution in [2.45, 2.75) is 6.54 Å². The summed E-state index contributed by atoms with van der Waals surface area (Å²) in [6.45, 7) is 1.77. The number of nitrogens with one attached hydrogen (secondary N) is 1. The zero-order valence-corrected chi connectivity index (χ0v) is 14.8. The molecule has 27 heavy (non-hydrogen) atoms. The number of hydrogen-bond donors (Lipinski definition) is 2. The molecule has 0 bridgehead atoms. The molecule has 0 heterocycles. The van der Waals surface area contributed by atoms with Crippen LogP contribution in [0.3, 0.4) is 0 Å². The maximum absolute atomic E-state index is 13.1. The Morgan fingerprint density at radius 2 is 1.63 bits per heavy atom. The summed E-state index contributed by atoms with van der Waals surface area (Å²) in [5, 5.41) is 3.22. The molecule has 0 atom stereocenters. The highest BCUT2D eigenvalue weighted by Crippen LogP contribution is 2.22. The van der Waals surface area contributed by atoms with Gasteiger partial charge in [-0.25, -0.2) is 4.39 Å². The predicted octanol–water partition coefficient (Wildman–Crippen LogP) is 3.76. The number of primary amides is 1. The zero-order chi connectivity index (χ0) is 19.1. The highest BCUT2D eigenvalue weighted by molar-refractivity contribution is 5.93. The molecule has 138 valence electrons. The van der Waals surface area contributed by atoms with Crippen LogP contribution in [-0.4, -0.2) is 19.1 Å². The molecule has 3 rings (SSSR count). The van der Waals surface area contributed by atoms with Gasteiger partial charge in [-0.2, -0.15) is 0 Å². The molecular weight excluding hydrogens is 343 g/mol. The Hall–Kier alpha value is -3.18. The summed E-state index contributed by atoms with van der Waals surface area (Å²) in [7, 11) is 0. The number of amides is 1. The monoisotopic (exact) mass is 364 g/mol. The number of hydrogen-bond acceptors (Lipinski definition) is 3. The van der Waals surface area contributed by atoms with Crippen molar-refractivity contribution in [2.24, 2.45) is 5.73 Å². The molecule has 0 aliphatic heterocycles. The van der Waals surface area contributed by atoms with Gasteiger partial charge in [0.1, 0.15) is 18.2 Å². The van der Waals surface area contributed by atoms with Crippen LogP contribution in [0.1, 0.15) is 15.9 Å². The van der Waals surface area contributed by atoms with Crippen LogP contribution in [0.4, 0.5) is 4.39 Å². The quantitative estimate of drug-likeness (QED) is 0.598. The van der Waals surface area contributed by atoms with Gasteiger partial charge < -0.3 is 15.8 Å². The van der Waals surface area contributed by atoms with E-state index in [1.165, 1.54) is 12.1 Å². The number of halogens is 1. The largest absolute Gasteiger partial charge is 0.492 e.